The van der Waals surface area contributed by atoms with Crippen molar-refractivity contribution in [1.29, 1.82) is 0 Å². The Hall–Kier alpha value is -2.05. The van der Waals surface area contributed by atoms with Crippen LogP contribution in [0.15, 0.2) is 18.2 Å². The smallest absolute Gasteiger partial charge is 0.287 e. The van der Waals surface area contributed by atoms with Crippen LogP contribution in [-0.2, 0) is 13.0 Å². The fraction of sp³-hybridized carbons (Fsp3) is 0.389. The maximum Gasteiger partial charge on any atom is 0.287 e. The van der Waals surface area contributed by atoms with Gasteiger partial charge in [0.25, 0.3) is 11.8 Å². The molecule has 2 heterocycles. The molecule has 1 aromatic heterocycles. The van der Waals surface area contributed by atoms with Crippen LogP contribution >= 0.6 is 23.2 Å². The predicted molar refractivity (Wildman–Crippen MR) is 102 cm³/mol. The quantitative estimate of drug-likeness (QED) is 0.806. The molecular weight excluding hydrogens is 375 g/mol. The zero-order chi connectivity index (χ0) is 18.7. The first-order chi connectivity index (χ1) is 12.5. The number of aromatic nitrogens is 2. The molecule has 0 radical (unpaired) electrons. The van der Waals surface area contributed by atoms with Gasteiger partial charge in [-0.05, 0) is 37.8 Å². The second-order valence-corrected chi connectivity index (χ2v) is 6.96. The molecule has 2 amide bonds. The van der Waals surface area contributed by atoms with Crippen LogP contribution in [0.25, 0.3) is 0 Å². The average molecular weight is 395 g/mol. The molecule has 0 unspecified atom stereocenters. The number of halogens is 2. The van der Waals surface area contributed by atoms with Crippen molar-refractivity contribution in [3.05, 3.63) is 45.5 Å². The summed E-state index contributed by atoms with van der Waals surface area (Å²) in [5.74, 6) is -0.395. The molecule has 0 fully saturated rings. The normalized spacial score (nSPS) is 13.2. The third-order valence-corrected chi connectivity index (χ3v) is 4.90. The Labute approximate surface area is 161 Å². The minimum atomic E-state index is -0.416. The molecule has 1 aliphatic heterocycles. The maximum atomic E-state index is 12.8. The number of amides is 2. The van der Waals surface area contributed by atoms with Crippen LogP contribution in [0.3, 0.4) is 0 Å². The zero-order valence-corrected chi connectivity index (χ0v) is 16.0. The number of imidazole rings is 1. The highest BCUT2D eigenvalue weighted by Crippen LogP contribution is 2.31. The highest BCUT2D eigenvalue weighted by atomic mass is 35.5. The largest absolute Gasteiger partial charge is 0.349 e. The van der Waals surface area contributed by atoms with E-state index in [-0.39, 0.29) is 17.4 Å². The monoisotopic (exact) mass is 394 g/mol. The molecule has 2 aromatic rings. The van der Waals surface area contributed by atoms with E-state index in [1.54, 1.807) is 18.2 Å². The van der Waals surface area contributed by atoms with E-state index in [4.69, 9.17) is 23.2 Å². The van der Waals surface area contributed by atoms with E-state index in [9.17, 15) is 9.59 Å². The molecule has 2 N–H and O–H groups in total. The van der Waals surface area contributed by atoms with Gasteiger partial charge in [0.15, 0.2) is 11.5 Å². The topological polar surface area (TPSA) is 76.0 Å². The van der Waals surface area contributed by atoms with E-state index in [0.29, 0.717) is 35.2 Å². The van der Waals surface area contributed by atoms with Crippen LogP contribution in [0.5, 0.6) is 0 Å². The number of nitrogens with zero attached hydrogens (tertiary/aromatic N) is 2. The third kappa shape index (κ3) is 3.71. The first-order valence-corrected chi connectivity index (χ1v) is 9.41. The first kappa shape index (κ1) is 18.7. The number of benzene rings is 1. The van der Waals surface area contributed by atoms with Gasteiger partial charge in [0.2, 0.25) is 0 Å². The van der Waals surface area contributed by atoms with Crippen molar-refractivity contribution < 1.29 is 9.59 Å². The summed E-state index contributed by atoms with van der Waals surface area (Å²) in [6.07, 6.45) is 3.44. The van der Waals surface area contributed by atoms with Crippen LogP contribution in [-0.4, -0.2) is 27.9 Å². The van der Waals surface area contributed by atoms with Crippen molar-refractivity contribution >= 4 is 40.7 Å². The highest BCUT2D eigenvalue weighted by molar-refractivity contribution is 6.40. The number of fused-ring (bicyclic) bond motifs is 1. The van der Waals surface area contributed by atoms with Crippen molar-refractivity contribution in [2.75, 3.05) is 11.9 Å². The van der Waals surface area contributed by atoms with Crippen LogP contribution in [0.4, 0.5) is 5.69 Å². The molecule has 0 saturated heterocycles. The summed E-state index contributed by atoms with van der Waals surface area (Å²) >= 11 is 12.3. The molecule has 1 aliphatic rings. The van der Waals surface area contributed by atoms with Gasteiger partial charge in [-0.1, -0.05) is 36.2 Å². The van der Waals surface area contributed by atoms with Gasteiger partial charge in [-0.15, -0.1) is 0 Å². The minimum absolute atomic E-state index is 0.252. The summed E-state index contributed by atoms with van der Waals surface area (Å²) in [6, 6.07) is 5.00. The molecule has 0 bridgehead atoms. The van der Waals surface area contributed by atoms with Gasteiger partial charge in [-0.25, -0.2) is 4.98 Å². The first-order valence-electron chi connectivity index (χ1n) is 8.66. The van der Waals surface area contributed by atoms with E-state index in [1.165, 1.54) is 0 Å². The van der Waals surface area contributed by atoms with Gasteiger partial charge in [0, 0.05) is 13.1 Å². The fourth-order valence-corrected chi connectivity index (χ4v) is 3.50. The summed E-state index contributed by atoms with van der Waals surface area (Å²) in [5, 5.41) is 6.25. The molecule has 0 aliphatic carbocycles. The van der Waals surface area contributed by atoms with Crippen molar-refractivity contribution in [2.24, 2.45) is 0 Å². The standard InChI is InChI=1S/C18H20Cl2N4O2/c1-2-9-21-18(26)16-22-15(13-8-3-4-10-24(13)16)17(25)23-14-11(19)6-5-7-12(14)20/h5-7H,2-4,8-10H2,1H3,(H,21,26)(H,23,25). The predicted octanol–water partition coefficient (Wildman–Crippen LogP) is 3.92. The molecule has 6 nitrogen and oxygen atoms in total. The van der Waals surface area contributed by atoms with Gasteiger partial charge < -0.3 is 15.2 Å². The Morgan fingerprint density at radius 3 is 2.62 bits per heavy atom. The lowest BCUT2D eigenvalue weighted by atomic mass is 10.1. The minimum Gasteiger partial charge on any atom is -0.349 e. The van der Waals surface area contributed by atoms with Crippen LogP contribution < -0.4 is 10.6 Å². The van der Waals surface area contributed by atoms with Gasteiger partial charge in [-0.3, -0.25) is 9.59 Å². The van der Waals surface area contributed by atoms with E-state index >= 15 is 0 Å². The average Bonchev–Trinajstić information content (AvgIpc) is 3.02. The molecule has 3 rings (SSSR count). The zero-order valence-electron chi connectivity index (χ0n) is 14.4. The molecule has 8 heteroatoms. The highest BCUT2D eigenvalue weighted by Gasteiger charge is 2.27. The number of carbonyl (C=O) groups excluding carboxylic acids is 2. The van der Waals surface area contributed by atoms with Crippen LogP contribution in [0, 0.1) is 0 Å². The van der Waals surface area contributed by atoms with E-state index < -0.39 is 5.91 Å². The van der Waals surface area contributed by atoms with Crippen LogP contribution in [0.1, 0.15) is 53.0 Å². The van der Waals surface area contributed by atoms with Crippen molar-refractivity contribution in [1.82, 2.24) is 14.9 Å². The van der Waals surface area contributed by atoms with Crippen LogP contribution in [0.2, 0.25) is 10.0 Å². The number of carbonyl (C=O) groups is 2. The molecule has 0 saturated carbocycles. The third-order valence-electron chi connectivity index (χ3n) is 4.27. The van der Waals surface area contributed by atoms with Crippen molar-refractivity contribution in [3.8, 4) is 0 Å². The summed E-state index contributed by atoms with van der Waals surface area (Å²) in [6.45, 7) is 3.22. The molecule has 138 valence electrons. The lowest BCUT2D eigenvalue weighted by Gasteiger charge is -2.17. The second kappa shape index (κ2) is 8.10. The van der Waals surface area contributed by atoms with Gasteiger partial charge in [-0.2, -0.15) is 0 Å². The summed E-state index contributed by atoms with van der Waals surface area (Å²) in [5.41, 5.74) is 1.37. The Kier molecular flexibility index (Phi) is 5.84. The number of rotatable bonds is 5. The molecular formula is C18H20Cl2N4O2. The number of nitrogens with one attached hydrogen (secondary N) is 2. The van der Waals surface area contributed by atoms with E-state index in [1.807, 2.05) is 11.5 Å². The van der Waals surface area contributed by atoms with E-state index in [2.05, 4.69) is 15.6 Å². The molecule has 1 aromatic carbocycles. The second-order valence-electron chi connectivity index (χ2n) is 6.15. The fourth-order valence-electron chi connectivity index (χ4n) is 3.01. The maximum absolute atomic E-state index is 12.8. The SMILES string of the molecule is CCCNC(=O)c1nc(C(=O)Nc2c(Cl)cccc2Cl)c2n1CCCC2. The lowest BCUT2D eigenvalue weighted by molar-refractivity contribution is 0.0937. The molecule has 0 spiro atoms. The van der Waals surface area contributed by atoms with E-state index in [0.717, 1.165) is 25.0 Å². The van der Waals surface area contributed by atoms with Crippen molar-refractivity contribution in [2.45, 2.75) is 39.2 Å². The lowest BCUT2D eigenvalue weighted by Crippen LogP contribution is -2.28. The Morgan fingerprint density at radius 2 is 1.92 bits per heavy atom. The summed E-state index contributed by atoms with van der Waals surface area (Å²) in [4.78, 5) is 29.6. The summed E-state index contributed by atoms with van der Waals surface area (Å²) in [7, 11) is 0. The Balaban J connectivity index is 1.93. The number of anilines is 1. The van der Waals surface area contributed by atoms with Gasteiger partial charge in [0.05, 0.1) is 21.4 Å². The number of para-hydroxylation sites is 1. The van der Waals surface area contributed by atoms with Gasteiger partial charge >= 0.3 is 0 Å². The van der Waals surface area contributed by atoms with Gasteiger partial charge in [0.1, 0.15) is 0 Å². The molecule has 0 atom stereocenters. The Bertz CT molecular complexity index is 828. The number of hydrogen-bond acceptors (Lipinski definition) is 3. The Morgan fingerprint density at radius 1 is 1.19 bits per heavy atom. The molecule has 26 heavy (non-hydrogen) atoms. The summed E-state index contributed by atoms with van der Waals surface area (Å²) < 4.78 is 1.84. The number of hydrogen-bond donors (Lipinski definition) is 2. The van der Waals surface area contributed by atoms with Crippen molar-refractivity contribution in [3.63, 3.8) is 0 Å².